The van der Waals surface area contributed by atoms with Gasteiger partial charge >= 0.3 is 6.09 Å². The summed E-state index contributed by atoms with van der Waals surface area (Å²) in [6.07, 6.45) is 2.05. The van der Waals surface area contributed by atoms with Crippen molar-refractivity contribution >= 4 is 11.7 Å². The molecule has 0 aliphatic carbocycles. The zero-order valence-corrected chi connectivity index (χ0v) is 14.9. The summed E-state index contributed by atoms with van der Waals surface area (Å²) in [5.74, 6) is -1.68. The van der Waals surface area contributed by atoms with Gasteiger partial charge in [0, 0.05) is 0 Å². The van der Waals surface area contributed by atoms with E-state index in [2.05, 4.69) is 0 Å². The Morgan fingerprint density at radius 3 is 2.64 bits per heavy atom. The average molecular weight is 351 g/mol. The molecule has 0 radical (unpaired) electrons. The number of fused-ring (bicyclic) bond motifs is 2. The number of hydrogen-bond acceptors (Lipinski definition) is 3. The molecule has 25 heavy (non-hydrogen) atoms. The van der Waals surface area contributed by atoms with Gasteiger partial charge < -0.3 is 9.47 Å². The van der Waals surface area contributed by atoms with Crippen molar-refractivity contribution in [3.63, 3.8) is 0 Å². The van der Waals surface area contributed by atoms with E-state index in [0.29, 0.717) is 25.2 Å². The van der Waals surface area contributed by atoms with Crippen LogP contribution in [0, 0.1) is 18.6 Å². The van der Waals surface area contributed by atoms with Crippen molar-refractivity contribution < 1.29 is 23.0 Å². The van der Waals surface area contributed by atoms with Crippen LogP contribution >= 0.6 is 0 Å². The highest BCUT2D eigenvalue weighted by atomic mass is 19.2. The molecule has 0 aromatic heterocycles. The number of carbonyl (C=O) groups excluding carboxylic acids is 1. The molecule has 1 saturated heterocycles. The number of nitrogens with zero attached hydrogens (tertiary/aromatic N) is 1. The summed E-state index contributed by atoms with van der Waals surface area (Å²) in [5.41, 5.74) is 1.30. The Morgan fingerprint density at radius 1 is 1.28 bits per heavy atom. The predicted octanol–water partition coefficient (Wildman–Crippen LogP) is 4.06. The summed E-state index contributed by atoms with van der Waals surface area (Å²) < 4.78 is 38.4. The Hall–Kier alpha value is -1.95. The van der Waals surface area contributed by atoms with Gasteiger partial charge in [0.2, 0.25) is 0 Å². The lowest BCUT2D eigenvalue weighted by Crippen LogP contribution is -2.57. The molecule has 0 spiro atoms. The predicted molar refractivity (Wildman–Crippen MR) is 90.2 cm³/mol. The lowest BCUT2D eigenvalue weighted by Gasteiger charge is -2.44. The molecule has 2 heterocycles. The van der Waals surface area contributed by atoms with Crippen molar-refractivity contribution in [2.75, 3.05) is 13.2 Å². The molecule has 1 fully saturated rings. The number of morpholine rings is 1. The maximum absolute atomic E-state index is 13.9. The van der Waals surface area contributed by atoms with Crippen LogP contribution in [0.15, 0.2) is 18.2 Å². The van der Waals surface area contributed by atoms with E-state index in [9.17, 15) is 13.6 Å². The Labute approximate surface area is 146 Å². The second-order valence-corrected chi connectivity index (χ2v) is 7.58. The van der Waals surface area contributed by atoms with Gasteiger partial charge in [0.25, 0.3) is 0 Å². The number of amides is 1. The number of ether oxygens (including phenoxy) is 2. The summed E-state index contributed by atoms with van der Waals surface area (Å²) in [6.45, 7) is 7.81. The molecule has 2 bridgehead atoms. The number of rotatable bonds is 1. The molecule has 2 aliphatic rings. The fraction of sp³-hybridized carbons (Fsp3) is 0.526. The maximum Gasteiger partial charge on any atom is 0.411 e. The first-order valence-corrected chi connectivity index (χ1v) is 8.42. The molecule has 2 atom stereocenters. The second kappa shape index (κ2) is 6.41. The van der Waals surface area contributed by atoms with Crippen LogP contribution in [0.4, 0.5) is 13.6 Å². The highest BCUT2D eigenvalue weighted by Crippen LogP contribution is 2.35. The summed E-state index contributed by atoms with van der Waals surface area (Å²) in [7, 11) is 0. The van der Waals surface area contributed by atoms with E-state index in [4.69, 9.17) is 9.47 Å². The van der Waals surface area contributed by atoms with Crippen molar-refractivity contribution in [2.45, 2.75) is 51.8 Å². The van der Waals surface area contributed by atoms with Crippen LogP contribution in [0.3, 0.4) is 0 Å². The van der Waals surface area contributed by atoms with Crippen LogP contribution in [0.1, 0.15) is 38.3 Å². The topological polar surface area (TPSA) is 38.8 Å². The van der Waals surface area contributed by atoms with Crippen molar-refractivity contribution in [3.8, 4) is 0 Å². The number of hydrogen-bond donors (Lipinski definition) is 0. The fourth-order valence-electron chi connectivity index (χ4n) is 3.39. The van der Waals surface area contributed by atoms with E-state index in [1.54, 1.807) is 17.9 Å². The zero-order chi connectivity index (χ0) is 18.4. The minimum absolute atomic E-state index is 0.180. The fourth-order valence-corrected chi connectivity index (χ4v) is 3.39. The summed E-state index contributed by atoms with van der Waals surface area (Å²) >= 11 is 0. The van der Waals surface area contributed by atoms with E-state index >= 15 is 0 Å². The third-order valence-electron chi connectivity index (χ3n) is 4.49. The molecule has 1 aromatic rings. The third kappa shape index (κ3) is 3.54. The SMILES string of the molecule is Cc1c(C2=CC3COCC(C2)N3C(=O)OC(C)(C)C)ccc(F)c1F. The molecular formula is C19H23F2NO3. The molecule has 0 saturated carbocycles. The summed E-state index contributed by atoms with van der Waals surface area (Å²) in [5, 5.41) is 0. The minimum atomic E-state index is -0.850. The third-order valence-corrected chi connectivity index (χ3v) is 4.49. The molecule has 6 heteroatoms. The summed E-state index contributed by atoms with van der Waals surface area (Å²) in [4.78, 5) is 14.2. The van der Waals surface area contributed by atoms with E-state index in [-0.39, 0.29) is 23.7 Å². The molecule has 1 amide bonds. The second-order valence-electron chi connectivity index (χ2n) is 7.58. The van der Waals surface area contributed by atoms with Crippen LogP contribution in [0.5, 0.6) is 0 Å². The maximum atomic E-state index is 13.9. The van der Waals surface area contributed by atoms with Crippen molar-refractivity contribution in [2.24, 2.45) is 0 Å². The standard InChI is InChI=1S/C19H23F2NO3/c1-11-15(5-6-16(20)17(11)21)12-7-13-9-24-10-14(8-12)22(13)18(23)25-19(2,3)4/h5-7,13-14H,8-10H2,1-4H3. The van der Waals surface area contributed by atoms with E-state index in [1.807, 2.05) is 26.8 Å². The van der Waals surface area contributed by atoms with Crippen LogP contribution in [0.2, 0.25) is 0 Å². The van der Waals surface area contributed by atoms with Crippen LogP contribution in [-0.4, -0.2) is 41.9 Å². The zero-order valence-electron chi connectivity index (χ0n) is 14.9. The van der Waals surface area contributed by atoms with Crippen LogP contribution < -0.4 is 0 Å². The number of halogens is 2. The molecular weight excluding hydrogens is 328 g/mol. The molecule has 0 N–H and O–H groups in total. The molecule has 136 valence electrons. The van der Waals surface area contributed by atoms with Gasteiger partial charge in [-0.3, -0.25) is 4.90 Å². The van der Waals surface area contributed by atoms with E-state index < -0.39 is 17.2 Å². The van der Waals surface area contributed by atoms with Gasteiger partial charge in [-0.1, -0.05) is 12.1 Å². The average Bonchev–Trinajstić information content (AvgIpc) is 2.50. The van der Waals surface area contributed by atoms with Crippen molar-refractivity contribution in [3.05, 3.63) is 41.0 Å². The number of carbonyl (C=O) groups is 1. The largest absolute Gasteiger partial charge is 0.444 e. The van der Waals surface area contributed by atoms with Gasteiger partial charge in [-0.25, -0.2) is 13.6 Å². The molecule has 2 aliphatic heterocycles. The number of benzene rings is 1. The summed E-state index contributed by atoms with van der Waals surface area (Å²) in [6, 6.07) is 2.29. The van der Waals surface area contributed by atoms with E-state index in [0.717, 1.165) is 11.6 Å². The monoisotopic (exact) mass is 351 g/mol. The Kier molecular flexibility index (Phi) is 4.58. The lowest BCUT2D eigenvalue weighted by molar-refractivity contribution is -0.0510. The quantitative estimate of drug-likeness (QED) is 0.766. The van der Waals surface area contributed by atoms with Gasteiger partial charge in [-0.15, -0.1) is 0 Å². The Morgan fingerprint density at radius 2 is 2.00 bits per heavy atom. The van der Waals surface area contributed by atoms with Gasteiger partial charge in [-0.05, 0) is 56.9 Å². The van der Waals surface area contributed by atoms with Crippen LogP contribution in [-0.2, 0) is 9.47 Å². The van der Waals surface area contributed by atoms with Crippen LogP contribution in [0.25, 0.3) is 5.57 Å². The Bertz CT molecular complexity index is 724. The van der Waals surface area contributed by atoms with Gasteiger partial charge in [0.1, 0.15) is 5.60 Å². The normalized spacial score (nSPS) is 23.3. The molecule has 3 rings (SSSR count). The molecule has 1 aromatic carbocycles. The Balaban J connectivity index is 1.92. The minimum Gasteiger partial charge on any atom is -0.444 e. The lowest BCUT2D eigenvalue weighted by atomic mass is 9.88. The van der Waals surface area contributed by atoms with Gasteiger partial charge in [-0.2, -0.15) is 0 Å². The van der Waals surface area contributed by atoms with Gasteiger partial charge in [0.15, 0.2) is 11.6 Å². The molecule has 4 nitrogen and oxygen atoms in total. The van der Waals surface area contributed by atoms with E-state index in [1.165, 1.54) is 0 Å². The van der Waals surface area contributed by atoms with Gasteiger partial charge in [0.05, 0.1) is 25.3 Å². The first kappa shape index (κ1) is 17.9. The first-order chi connectivity index (χ1) is 11.7. The highest BCUT2D eigenvalue weighted by molar-refractivity contribution is 5.75. The highest BCUT2D eigenvalue weighted by Gasteiger charge is 2.40. The first-order valence-electron chi connectivity index (χ1n) is 8.42. The smallest absolute Gasteiger partial charge is 0.411 e. The molecule has 2 unspecified atom stereocenters. The van der Waals surface area contributed by atoms with Crippen molar-refractivity contribution in [1.82, 2.24) is 4.90 Å². The van der Waals surface area contributed by atoms with Crippen molar-refractivity contribution in [1.29, 1.82) is 0 Å².